The standard InChI is InChI=1S/4C3H7O.Zn/c4*1-2-3-4;/h4*2-3H2,1H3;/q4*-1;. The maximum Gasteiger partial charge on any atom is 0 e. The summed E-state index contributed by atoms with van der Waals surface area (Å²) in [4.78, 5) is 0. The van der Waals surface area contributed by atoms with E-state index in [2.05, 4.69) is 0 Å². The van der Waals surface area contributed by atoms with Crippen molar-refractivity contribution in [2.24, 2.45) is 0 Å². The van der Waals surface area contributed by atoms with E-state index in [1.165, 1.54) is 0 Å². The van der Waals surface area contributed by atoms with Gasteiger partial charge in [-0.05, 0) is 0 Å². The fourth-order valence-corrected chi connectivity index (χ4v) is 0. The van der Waals surface area contributed by atoms with Crippen molar-refractivity contribution in [1.82, 2.24) is 0 Å². The van der Waals surface area contributed by atoms with Crippen LogP contribution >= 0.6 is 0 Å². The fraction of sp³-hybridized carbons (Fsp3) is 1.00. The van der Waals surface area contributed by atoms with Crippen LogP contribution in [0.5, 0.6) is 0 Å². The number of hydrogen-bond acceptors (Lipinski definition) is 4. The first-order chi connectivity index (χ1) is 7.66. The minimum absolute atomic E-state index is 0. The van der Waals surface area contributed by atoms with E-state index in [1.54, 1.807) is 0 Å². The molecule has 0 atom stereocenters. The van der Waals surface area contributed by atoms with Crippen LogP contribution in [0.4, 0.5) is 0 Å². The summed E-state index contributed by atoms with van der Waals surface area (Å²) in [6.45, 7) is 7.75. The Hall–Kier alpha value is 0.463. The maximum absolute atomic E-state index is 9.30. The van der Waals surface area contributed by atoms with Crippen LogP contribution in [0.3, 0.4) is 0 Å². The molecule has 4 nitrogen and oxygen atoms in total. The number of hydrogen-bond donors (Lipinski definition) is 0. The minimum atomic E-state index is 0. The maximum atomic E-state index is 9.30. The van der Waals surface area contributed by atoms with Crippen molar-refractivity contribution in [3.8, 4) is 0 Å². The van der Waals surface area contributed by atoms with Gasteiger partial charge in [0.25, 0.3) is 0 Å². The van der Waals surface area contributed by atoms with Gasteiger partial charge in [-0.2, -0.15) is 0 Å². The van der Waals surface area contributed by atoms with Crippen LogP contribution in [0, 0.1) is 0 Å². The summed E-state index contributed by atoms with van der Waals surface area (Å²) >= 11 is 0. The van der Waals surface area contributed by atoms with Crippen molar-refractivity contribution in [1.29, 1.82) is 0 Å². The van der Waals surface area contributed by atoms with Crippen molar-refractivity contribution < 1.29 is 39.9 Å². The Kier molecular flexibility index (Phi) is 98.5. The molecule has 5 heteroatoms. The molecule has 0 aliphatic heterocycles. The molecule has 0 amide bonds. The first kappa shape index (κ1) is 30.5. The molecule has 0 saturated carbocycles. The summed E-state index contributed by atoms with van der Waals surface area (Å²) in [5, 5.41) is 37.2. The van der Waals surface area contributed by atoms with Gasteiger partial charge in [0.15, 0.2) is 0 Å². The van der Waals surface area contributed by atoms with E-state index >= 15 is 0 Å². The second kappa shape index (κ2) is 55.0. The molecule has 0 unspecified atom stereocenters. The predicted octanol–water partition coefficient (Wildman–Crippen LogP) is -0.976. The van der Waals surface area contributed by atoms with Crippen LogP contribution in [0.1, 0.15) is 53.4 Å². The van der Waals surface area contributed by atoms with E-state index in [-0.39, 0.29) is 45.9 Å². The van der Waals surface area contributed by atoms with Gasteiger partial charge in [-0.1, -0.05) is 53.4 Å². The largest absolute Gasteiger partial charge is 0.854 e. The summed E-state index contributed by atoms with van der Waals surface area (Å²) in [6.07, 6.45) is 3.06. The average molecular weight is 302 g/mol. The first-order valence-corrected chi connectivity index (χ1v) is 5.98. The van der Waals surface area contributed by atoms with E-state index in [4.69, 9.17) is 0 Å². The number of rotatable bonds is 4. The van der Waals surface area contributed by atoms with E-state index < -0.39 is 0 Å². The molecule has 0 fully saturated rings. The van der Waals surface area contributed by atoms with Gasteiger partial charge in [0.2, 0.25) is 0 Å². The third-order valence-electron chi connectivity index (χ3n) is 0.816. The van der Waals surface area contributed by atoms with Crippen LogP contribution in [-0.2, 0) is 19.5 Å². The van der Waals surface area contributed by atoms with Crippen molar-refractivity contribution in [3.05, 3.63) is 0 Å². The van der Waals surface area contributed by atoms with Gasteiger partial charge in [-0.25, -0.2) is 0 Å². The first-order valence-electron chi connectivity index (χ1n) is 5.98. The normalized spacial score (nSPS) is 7.06. The van der Waals surface area contributed by atoms with Gasteiger partial charge in [-0.15, -0.1) is 26.4 Å². The van der Waals surface area contributed by atoms with Gasteiger partial charge in [0.05, 0.1) is 0 Å². The Bertz CT molecular complexity index is 42.5. The molecule has 0 aliphatic rings. The van der Waals surface area contributed by atoms with E-state index in [0.717, 1.165) is 25.7 Å². The fourth-order valence-electron chi connectivity index (χ4n) is 0. The molecule has 106 valence electrons. The Morgan fingerprint density at radius 2 is 0.529 bits per heavy atom. The second-order valence-corrected chi connectivity index (χ2v) is 2.82. The summed E-state index contributed by atoms with van der Waals surface area (Å²) in [6, 6.07) is 0. The average Bonchev–Trinajstić information content (AvgIpc) is 2.39. The molecule has 0 heterocycles. The van der Waals surface area contributed by atoms with Gasteiger partial charge in [-0.3, -0.25) is 0 Å². The quantitative estimate of drug-likeness (QED) is 0.624. The Balaban J connectivity index is -0.0000000369. The van der Waals surface area contributed by atoms with E-state index in [9.17, 15) is 20.4 Å². The van der Waals surface area contributed by atoms with Gasteiger partial charge >= 0.3 is 0 Å². The smallest absolute Gasteiger partial charge is 0 e. The minimum Gasteiger partial charge on any atom is -0.854 e. The second-order valence-electron chi connectivity index (χ2n) is 2.82. The molecular weight excluding hydrogens is 274 g/mol. The van der Waals surface area contributed by atoms with Crippen molar-refractivity contribution in [3.63, 3.8) is 0 Å². The van der Waals surface area contributed by atoms with Gasteiger partial charge in [0.1, 0.15) is 0 Å². The summed E-state index contributed by atoms with van der Waals surface area (Å²) in [5.41, 5.74) is 0. The van der Waals surface area contributed by atoms with Gasteiger partial charge in [0, 0.05) is 19.5 Å². The summed E-state index contributed by atoms with van der Waals surface area (Å²) in [7, 11) is 0. The zero-order valence-electron chi connectivity index (χ0n) is 12.0. The zero-order chi connectivity index (χ0) is 13.7. The molecule has 0 aromatic heterocycles. The van der Waals surface area contributed by atoms with Crippen molar-refractivity contribution in [2.75, 3.05) is 26.4 Å². The molecule has 0 saturated heterocycles. The molecule has 0 bridgehead atoms. The molecule has 0 spiro atoms. The monoisotopic (exact) mass is 300 g/mol. The SMILES string of the molecule is CCC[O-].CCC[O-].CCC[O-].CCC[O-].[Zn]. The van der Waals surface area contributed by atoms with Crippen LogP contribution in [-0.4, -0.2) is 26.4 Å². The molecular formula is C12H28O4Zn-4. The molecule has 0 radical (unpaired) electrons. The van der Waals surface area contributed by atoms with Gasteiger partial charge < -0.3 is 20.4 Å². The van der Waals surface area contributed by atoms with Crippen LogP contribution in [0.2, 0.25) is 0 Å². The van der Waals surface area contributed by atoms with E-state index in [0.29, 0.717) is 0 Å². The zero-order valence-corrected chi connectivity index (χ0v) is 15.0. The molecule has 0 N–H and O–H groups in total. The molecule has 0 aromatic carbocycles. The summed E-state index contributed by atoms with van der Waals surface area (Å²) < 4.78 is 0. The van der Waals surface area contributed by atoms with Crippen LogP contribution < -0.4 is 20.4 Å². The van der Waals surface area contributed by atoms with Crippen molar-refractivity contribution in [2.45, 2.75) is 53.4 Å². The Labute approximate surface area is 120 Å². The van der Waals surface area contributed by atoms with Crippen molar-refractivity contribution >= 4 is 0 Å². The third kappa shape index (κ3) is 173. The Morgan fingerprint density at radius 3 is 0.529 bits per heavy atom. The summed E-state index contributed by atoms with van der Waals surface area (Å²) in [5.74, 6) is 0. The van der Waals surface area contributed by atoms with Crippen LogP contribution in [0.25, 0.3) is 0 Å². The van der Waals surface area contributed by atoms with E-state index in [1.807, 2.05) is 27.7 Å². The van der Waals surface area contributed by atoms with Crippen LogP contribution in [0.15, 0.2) is 0 Å². The molecule has 0 rings (SSSR count). The Morgan fingerprint density at radius 1 is 0.471 bits per heavy atom. The molecule has 0 aromatic rings. The topological polar surface area (TPSA) is 92.2 Å². The molecule has 17 heavy (non-hydrogen) atoms. The predicted molar refractivity (Wildman–Crippen MR) is 60.6 cm³/mol. The third-order valence-corrected chi connectivity index (χ3v) is 0.816. The molecule has 0 aliphatic carbocycles.